The molecule has 1 aromatic heterocycles. The van der Waals surface area contributed by atoms with Gasteiger partial charge in [0.2, 0.25) is 0 Å². The van der Waals surface area contributed by atoms with Gasteiger partial charge in [-0.3, -0.25) is 4.79 Å². The fourth-order valence-electron chi connectivity index (χ4n) is 3.05. The van der Waals surface area contributed by atoms with Crippen LogP contribution in [0.4, 0.5) is 0 Å². The first-order chi connectivity index (χ1) is 12.3. The van der Waals surface area contributed by atoms with Crippen molar-refractivity contribution in [2.75, 3.05) is 0 Å². The lowest BCUT2D eigenvalue weighted by atomic mass is 9.98. The van der Waals surface area contributed by atoms with Gasteiger partial charge in [0.25, 0.3) is 5.91 Å². The average Bonchev–Trinajstić information content (AvgIpc) is 3.12. The summed E-state index contributed by atoms with van der Waals surface area (Å²) in [6.45, 7) is 0. The van der Waals surface area contributed by atoms with Gasteiger partial charge >= 0.3 is 0 Å². The first-order valence-electron chi connectivity index (χ1n) is 8.30. The molecule has 122 valence electrons. The number of aromatic nitrogens is 1. The van der Waals surface area contributed by atoms with Crippen LogP contribution in [0.1, 0.15) is 27.7 Å². The Bertz CT molecular complexity index is 918. The third kappa shape index (κ3) is 3.17. The van der Waals surface area contributed by atoms with Crippen LogP contribution in [0.2, 0.25) is 0 Å². The van der Waals surface area contributed by atoms with Crippen molar-refractivity contribution >= 4 is 16.8 Å². The molecule has 0 unspecified atom stereocenters. The Morgan fingerprint density at radius 3 is 1.92 bits per heavy atom. The highest BCUT2D eigenvalue weighted by molar-refractivity contribution is 5.98. The summed E-state index contributed by atoms with van der Waals surface area (Å²) >= 11 is 0. The van der Waals surface area contributed by atoms with E-state index in [1.807, 2.05) is 91.0 Å². The van der Waals surface area contributed by atoms with Gasteiger partial charge in [-0.15, -0.1) is 0 Å². The summed E-state index contributed by atoms with van der Waals surface area (Å²) in [5, 5.41) is 4.19. The van der Waals surface area contributed by atoms with Gasteiger partial charge in [0, 0.05) is 10.9 Å². The molecular weight excluding hydrogens is 308 g/mol. The second-order valence-corrected chi connectivity index (χ2v) is 6.00. The number of fused-ring (bicyclic) bond motifs is 1. The number of hydrogen-bond donors (Lipinski definition) is 2. The van der Waals surface area contributed by atoms with E-state index >= 15 is 0 Å². The van der Waals surface area contributed by atoms with Crippen LogP contribution in [0.5, 0.6) is 0 Å². The molecule has 3 nitrogen and oxygen atoms in total. The van der Waals surface area contributed by atoms with Crippen molar-refractivity contribution in [1.82, 2.24) is 10.3 Å². The summed E-state index contributed by atoms with van der Waals surface area (Å²) in [6.07, 6.45) is 0. The van der Waals surface area contributed by atoms with Crippen molar-refractivity contribution < 1.29 is 4.79 Å². The highest BCUT2D eigenvalue weighted by Crippen LogP contribution is 2.23. The predicted molar refractivity (Wildman–Crippen MR) is 100 cm³/mol. The Hall–Kier alpha value is -3.33. The van der Waals surface area contributed by atoms with Gasteiger partial charge in [-0.05, 0) is 23.3 Å². The minimum atomic E-state index is -0.193. The molecule has 0 aliphatic rings. The molecular formula is C22H18N2O. The molecule has 2 N–H and O–H groups in total. The molecule has 0 saturated carbocycles. The molecule has 0 fully saturated rings. The van der Waals surface area contributed by atoms with Gasteiger partial charge in [0.15, 0.2) is 0 Å². The minimum Gasteiger partial charge on any atom is -0.351 e. The van der Waals surface area contributed by atoms with E-state index in [-0.39, 0.29) is 11.9 Å². The summed E-state index contributed by atoms with van der Waals surface area (Å²) in [7, 11) is 0. The van der Waals surface area contributed by atoms with Crippen LogP contribution in [0.3, 0.4) is 0 Å². The van der Waals surface area contributed by atoms with E-state index in [1.54, 1.807) is 0 Å². The molecule has 0 saturated heterocycles. The molecule has 0 aliphatic heterocycles. The van der Waals surface area contributed by atoms with Gasteiger partial charge in [-0.1, -0.05) is 78.9 Å². The fraction of sp³-hybridized carbons (Fsp3) is 0.0455. The van der Waals surface area contributed by atoms with E-state index in [0.717, 1.165) is 22.0 Å². The summed E-state index contributed by atoms with van der Waals surface area (Å²) in [6, 6.07) is 29.6. The number of carbonyl (C=O) groups excluding carboxylic acids is 1. The molecule has 0 spiro atoms. The van der Waals surface area contributed by atoms with E-state index < -0.39 is 0 Å². The molecule has 1 amide bonds. The first kappa shape index (κ1) is 15.2. The van der Waals surface area contributed by atoms with E-state index in [4.69, 9.17) is 0 Å². The summed E-state index contributed by atoms with van der Waals surface area (Å²) in [5.41, 5.74) is 3.64. The van der Waals surface area contributed by atoms with Gasteiger partial charge in [0.1, 0.15) is 5.69 Å². The monoisotopic (exact) mass is 326 g/mol. The average molecular weight is 326 g/mol. The number of aromatic amines is 1. The molecule has 4 rings (SSSR count). The summed E-state index contributed by atoms with van der Waals surface area (Å²) in [5.74, 6) is -0.117. The normalized spacial score (nSPS) is 10.9. The van der Waals surface area contributed by atoms with E-state index in [1.165, 1.54) is 0 Å². The Balaban J connectivity index is 1.67. The number of para-hydroxylation sites is 1. The van der Waals surface area contributed by atoms with Gasteiger partial charge in [0.05, 0.1) is 6.04 Å². The quantitative estimate of drug-likeness (QED) is 0.561. The molecule has 3 heteroatoms. The third-order valence-corrected chi connectivity index (χ3v) is 4.32. The van der Waals surface area contributed by atoms with Crippen molar-refractivity contribution in [3.05, 3.63) is 108 Å². The molecule has 3 aromatic carbocycles. The third-order valence-electron chi connectivity index (χ3n) is 4.32. The summed E-state index contributed by atoms with van der Waals surface area (Å²) in [4.78, 5) is 16.0. The SMILES string of the molecule is O=C(NC(c1ccccc1)c1ccccc1)c1cc2ccccc2[nH]1. The molecule has 1 heterocycles. The highest BCUT2D eigenvalue weighted by Gasteiger charge is 2.18. The van der Waals surface area contributed by atoms with Crippen LogP contribution in [0.15, 0.2) is 91.0 Å². The Kier molecular flexibility index (Phi) is 4.05. The second-order valence-electron chi connectivity index (χ2n) is 6.00. The maximum atomic E-state index is 12.8. The number of rotatable bonds is 4. The summed E-state index contributed by atoms with van der Waals surface area (Å²) < 4.78 is 0. The standard InChI is InChI=1S/C22H18N2O/c25-22(20-15-18-13-7-8-14-19(18)23-20)24-21(16-9-3-1-4-10-16)17-11-5-2-6-12-17/h1-15,21,23H,(H,24,25). The lowest BCUT2D eigenvalue weighted by Crippen LogP contribution is -2.29. The number of carbonyl (C=O) groups is 1. The topological polar surface area (TPSA) is 44.9 Å². The van der Waals surface area contributed by atoms with Crippen LogP contribution in [-0.4, -0.2) is 10.9 Å². The Morgan fingerprint density at radius 2 is 1.32 bits per heavy atom. The first-order valence-corrected chi connectivity index (χ1v) is 8.30. The molecule has 0 aliphatic carbocycles. The lowest BCUT2D eigenvalue weighted by molar-refractivity contribution is 0.0939. The van der Waals surface area contributed by atoms with Gasteiger partial charge in [-0.25, -0.2) is 0 Å². The number of benzene rings is 3. The van der Waals surface area contributed by atoms with Crippen molar-refractivity contribution in [1.29, 1.82) is 0 Å². The molecule has 25 heavy (non-hydrogen) atoms. The fourth-order valence-corrected chi connectivity index (χ4v) is 3.05. The van der Waals surface area contributed by atoms with Crippen molar-refractivity contribution in [2.45, 2.75) is 6.04 Å². The van der Waals surface area contributed by atoms with Crippen LogP contribution >= 0.6 is 0 Å². The smallest absolute Gasteiger partial charge is 0.268 e. The number of H-pyrrole nitrogens is 1. The van der Waals surface area contributed by atoms with E-state index in [0.29, 0.717) is 5.69 Å². The zero-order chi connectivity index (χ0) is 17.1. The molecule has 0 bridgehead atoms. The Morgan fingerprint density at radius 1 is 0.760 bits per heavy atom. The maximum absolute atomic E-state index is 12.8. The number of amides is 1. The Labute approximate surface area is 146 Å². The van der Waals surface area contributed by atoms with Crippen LogP contribution in [0, 0.1) is 0 Å². The predicted octanol–water partition coefficient (Wildman–Crippen LogP) is 4.69. The largest absolute Gasteiger partial charge is 0.351 e. The molecule has 4 aromatic rings. The van der Waals surface area contributed by atoms with E-state index in [9.17, 15) is 4.79 Å². The van der Waals surface area contributed by atoms with Crippen molar-refractivity contribution in [3.8, 4) is 0 Å². The number of hydrogen-bond acceptors (Lipinski definition) is 1. The van der Waals surface area contributed by atoms with Crippen LogP contribution < -0.4 is 5.32 Å². The molecule has 0 radical (unpaired) electrons. The van der Waals surface area contributed by atoms with Crippen molar-refractivity contribution in [2.24, 2.45) is 0 Å². The van der Waals surface area contributed by atoms with E-state index in [2.05, 4.69) is 10.3 Å². The lowest BCUT2D eigenvalue weighted by Gasteiger charge is -2.19. The van der Waals surface area contributed by atoms with Crippen LogP contribution in [0.25, 0.3) is 10.9 Å². The maximum Gasteiger partial charge on any atom is 0.268 e. The van der Waals surface area contributed by atoms with Gasteiger partial charge in [-0.2, -0.15) is 0 Å². The molecule has 0 atom stereocenters. The zero-order valence-corrected chi connectivity index (χ0v) is 13.6. The zero-order valence-electron chi connectivity index (χ0n) is 13.6. The number of nitrogens with one attached hydrogen (secondary N) is 2. The van der Waals surface area contributed by atoms with Crippen molar-refractivity contribution in [3.63, 3.8) is 0 Å². The second kappa shape index (κ2) is 6.65. The highest BCUT2D eigenvalue weighted by atomic mass is 16.1. The van der Waals surface area contributed by atoms with Gasteiger partial charge < -0.3 is 10.3 Å². The van der Waals surface area contributed by atoms with Crippen LogP contribution in [-0.2, 0) is 0 Å². The minimum absolute atomic E-state index is 0.117.